The van der Waals surface area contributed by atoms with Crippen LogP contribution in [0.25, 0.3) is 0 Å². The minimum atomic E-state index is 0.173. The second kappa shape index (κ2) is 4.94. The molecular weight excluding hydrogens is 192 g/mol. The first-order chi connectivity index (χ1) is 7.29. The van der Waals surface area contributed by atoms with Gasteiger partial charge in [0.25, 0.3) is 0 Å². The Kier molecular flexibility index (Phi) is 3.59. The van der Waals surface area contributed by atoms with Crippen molar-refractivity contribution in [3.8, 4) is 0 Å². The molecule has 0 aromatic carbocycles. The van der Waals surface area contributed by atoms with Crippen molar-refractivity contribution < 1.29 is 9.53 Å². The molecule has 2 rings (SSSR count). The van der Waals surface area contributed by atoms with E-state index in [0.29, 0.717) is 18.4 Å². The van der Waals surface area contributed by atoms with Crippen LogP contribution in [-0.2, 0) is 9.53 Å². The van der Waals surface area contributed by atoms with Gasteiger partial charge in [-0.05, 0) is 25.8 Å². The third-order valence-electron chi connectivity index (χ3n) is 3.08. The Balaban J connectivity index is 1.77. The van der Waals surface area contributed by atoms with E-state index in [1.807, 2.05) is 11.9 Å². The van der Waals surface area contributed by atoms with E-state index >= 15 is 0 Å². The molecule has 2 aliphatic rings. The van der Waals surface area contributed by atoms with Gasteiger partial charge in [-0.1, -0.05) is 0 Å². The Bertz CT molecular complexity index is 227. The number of amides is 1. The van der Waals surface area contributed by atoms with Gasteiger partial charge in [0.15, 0.2) is 0 Å². The van der Waals surface area contributed by atoms with Gasteiger partial charge in [-0.2, -0.15) is 0 Å². The first-order valence-electron chi connectivity index (χ1n) is 5.83. The lowest BCUT2D eigenvalue weighted by Gasteiger charge is -2.33. The minimum absolute atomic E-state index is 0.173. The normalized spacial score (nSPS) is 26.7. The van der Waals surface area contributed by atoms with E-state index in [9.17, 15) is 4.79 Å². The summed E-state index contributed by atoms with van der Waals surface area (Å²) in [5.74, 6) is 1.00. The SMILES string of the molecule is CNCC1CN(C(=O)CC2CC2)CCO1. The monoisotopic (exact) mass is 212 g/mol. The van der Waals surface area contributed by atoms with Gasteiger partial charge in [-0.15, -0.1) is 0 Å². The fourth-order valence-electron chi connectivity index (χ4n) is 2.00. The molecule has 1 atom stereocenters. The smallest absolute Gasteiger partial charge is 0.223 e. The second-order valence-corrected chi connectivity index (χ2v) is 4.54. The molecule has 0 spiro atoms. The van der Waals surface area contributed by atoms with Crippen molar-refractivity contribution >= 4 is 5.91 Å². The van der Waals surface area contributed by atoms with Crippen LogP contribution < -0.4 is 5.32 Å². The summed E-state index contributed by atoms with van der Waals surface area (Å²) in [6.45, 7) is 3.04. The zero-order valence-electron chi connectivity index (χ0n) is 9.37. The first kappa shape index (κ1) is 10.9. The Labute approximate surface area is 91.0 Å². The molecule has 15 heavy (non-hydrogen) atoms. The van der Waals surface area contributed by atoms with Crippen LogP contribution in [-0.4, -0.2) is 50.2 Å². The van der Waals surface area contributed by atoms with Crippen LogP contribution >= 0.6 is 0 Å². The lowest BCUT2D eigenvalue weighted by atomic mass is 10.2. The molecule has 1 saturated carbocycles. The Morgan fingerprint density at radius 1 is 1.53 bits per heavy atom. The maximum atomic E-state index is 11.8. The lowest BCUT2D eigenvalue weighted by Crippen LogP contribution is -2.48. The van der Waals surface area contributed by atoms with Crippen LogP contribution in [0, 0.1) is 5.92 Å². The van der Waals surface area contributed by atoms with Crippen LogP contribution in [0.3, 0.4) is 0 Å². The number of morpholine rings is 1. The van der Waals surface area contributed by atoms with E-state index in [2.05, 4.69) is 5.32 Å². The molecular formula is C11H20N2O2. The molecule has 1 unspecified atom stereocenters. The van der Waals surface area contributed by atoms with Gasteiger partial charge < -0.3 is 15.0 Å². The van der Waals surface area contributed by atoms with Gasteiger partial charge in [0.05, 0.1) is 12.7 Å². The predicted octanol–water partition coefficient (Wildman–Crippen LogP) is 0.233. The Hall–Kier alpha value is -0.610. The van der Waals surface area contributed by atoms with Crippen molar-refractivity contribution in [3.63, 3.8) is 0 Å². The van der Waals surface area contributed by atoms with Crippen molar-refractivity contribution in [2.45, 2.75) is 25.4 Å². The summed E-state index contributed by atoms with van der Waals surface area (Å²) < 4.78 is 5.56. The topological polar surface area (TPSA) is 41.6 Å². The van der Waals surface area contributed by atoms with E-state index in [1.54, 1.807) is 0 Å². The predicted molar refractivity (Wildman–Crippen MR) is 57.6 cm³/mol. The maximum Gasteiger partial charge on any atom is 0.223 e. The number of rotatable bonds is 4. The molecule has 2 fully saturated rings. The summed E-state index contributed by atoms with van der Waals surface area (Å²) in [4.78, 5) is 13.8. The van der Waals surface area contributed by atoms with Crippen molar-refractivity contribution in [1.82, 2.24) is 10.2 Å². The Morgan fingerprint density at radius 3 is 3.00 bits per heavy atom. The molecule has 1 heterocycles. The largest absolute Gasteiger partial charge is 0.373 e. The first-order valence-corrected chi connectivity index (χ1v) is 5.83. The van der Waals surface area contributed by atoms with Crippen LogP contribution in [0.1, 0.15) is 19.3 Å². The van der Waals surface area contributed by atoms with Crippen molar-refractivity contribution in [2.75, 3.05) is 33.3 Å². The molecule has 1 N–H and O–H groups in total. The zero-order chi connectivity index (χ0) is 10.7. The molecule has 1 aliphatic heterocycles. The molecule has 0 aromatic rings. The van der Waals surface area contributed by atoms with Gasteiger partial charge >= 0.3 is 0 Å². The van der Waals surface area contributed by atoms with Gasteiger partial charge in [0.2, 0.25) is 5.91 Å². The van der Waals surface area contributed by atoms with Crippen LogP contribution in [0.4, 0.5) is 0 Å². The van der Waals surface area contributed by atoms with Gasteiger partial charge in [-0.3, -0.25) is 4.79 Å². The summed E-state index contributed by atoms with van der Waals surface area (Å²) in [5, 5.41) is 3.09. The number of likely N-dealkylation sites (N-methyl/N-ethyl adjacent to an activating group) is 1. The molecule has 4 nitrogen and oxygen atoms in total. The second-order valence-electron chi connectivity index (χ2n) is 4.54. The van der Waals surface area contributed by atoms with Crippen molar-refractivity contribution in [3.05, 3.63) is 0 Å². The summed E-state index contributed by atoms with van der Waals surface area (Å²) in [6.07, 6.45) is 3.42. The molecule has 1 amide bonds. The quantitative estimate of drug-likeness (QED) is 0.725. The van der Waals surface area contributed by atoms with E-state index in [-0.39, 0.29) is 6.10 Å². The summed E-state index contributed by atoms with van der Waals surface area (Å²) in [5.41, 5.74) is 0. The number of hydrogen-bond acceptors (Lipinski definition) is 3. The van der Waals surface area contributed by atoms with Crippen molar-refractivity contribution in [1.29, 1.82) is 0 Å². The number of hydrogen-bond donors (Lipinski definition) is 1. The Morgan fingerprint density at radius 2 is 2.33 bits per heavy atom. The molecule has 1 saturated heterocycles. The van der Waals surface area contributed by atoms with Gasteiger partial charge in [0.1, 0.15) is 0 Å². The van der Waals surface area contributed by atoms with Crippen molar-refractivity contribution in [2.24, 2.45) is 5.92 Å². The average molecular weight is 212 g/mol. The number of carbonyl (C=O) groups is 1. The zero-order valence-corrected chi connectivity index (χ0v) is 9.37. The molecule has 86 valence electrons. The van der Waals surface area contributed by atoms with E-state index < -0.39 is 0 Å². The van der Waals surface area contributed by atoms with Crippen LogP contribution in [0.15, 0.2) is 0 Å². The van der Waals surface area contributed by atoms with Gasteiger partial charge in [-0.25, -0.2) is 0 Å². The highest BCUT2D eigenvalue weighted by atomic mass is 16.5. The highest BCUT2D eigenvalue weighted by molar-refractivity contribution is 5.76. The van der Waals surface area contributed by atoms with Crippen LogP contribution in [0.5, 0.6) is 0 Å². The number of carbonyl (C=O) groups excluding carboxylic acids is 1. The average Bonchev–Trinajstić information content (AvgIpc) is 3.03. The lowest BCUT2D eigenvalue weighted by molar-refractivity contribution is -0.138. The van der Waals surface area contributed by atoms with Crippen LogP contribution in [0.2, 0.25) is 0 Å². The number of ether oxygens (including phenoxy) is 1. The summed E-state index contributed by atoms with van der Waals surface area (Å²) >= 11 is 0. The molecule has 0 bridgehead atoms. The number of nitrogens with one attached hydrogen (secondary N) is 1. The highest BCUT2D eigenvalue weighted by Crippen LogP contribution is 2.33. The maximum absolute atomic E-state index is 11.8. The highest BCUT2D eigenvalue weighted by Gasteiger charge is 2.29. The third-order valence-corrected chi connectivity index (χ3v) is 3.08. The number of nitrogens with zero attached hydrogens (tertiary/aromatic N) is 1. The van der Waals surface area contributed by atoms with Gasteiger partial charge in [0, 0.05) is 26.1 Å². The fourth-order valence-corrected chi connectivity index (χ4v) is 2.00. The summed E-state index contributed by atoms with van der Waals surface area (Å²) in [7, 11) is 1.91. The minimum Gasteiger partial charge on any atom is -0.373 e. The fraction of sp³-hybridized carbons (Fsp3) is 0.909. The van der Waals surface area contributed by atoms with E-state index in [1.165, 1.54) is 12.8 Å². The third kappa shape index (κ3) is 3.18. The standard InChI is InChI=1S/C11H20N2O2/c1-12-7-10-8-13(4-5-15-10)11(14)6-9-2-3-9/h9-10,12H,2-8H2,1H3. The summed E-state index contributed by atoms with van der Waals surface area (Å²) in [6, 6.07) is 0. The molecule has 1 aliphatic carbocycles. The van der Waals surface area contributed by atoms with E-state index in [0.717, 1.165) is 26.1 Å². The molecule has 4 heteroatoms. The molecule has 0 aromatic heterocycles. The van der Waals surface area contributed by atoms with E-state index in [4.69, 9.17) is 4.74 Å². The molecule has 0 radical (unpaired) electrons.